The first-order chi connectivity index (χ1) is 12.8. The minimum atomic E-state index is 0.515. The van der Waals surface area contributed by atoms with Gasteiger partial charge in [-0.05, 0) is 12.1 Å². The van der Waals surface area contributed by atoms with Crippen molar-refractivity contribution in [3.05, 3.63) is 60.9 Å². The summed E-state index contributed by atoms with van der Waals surface area (Å²) in [6, 6.07) is 17.4. The quantitative estimate of drug-likeness (QED) is 0.595. The van der Waals surface area contributed by atoms with Crippen molar-refractivity contribution >= 4 is 17.3 Å². The Hall–Kier alpha value is -3.61. The molecule has 2 aromatic heterocycles. The first-order valence-electron chi connectivity index (χ1n) is 8.04. The van der Waals surface area contributed by atoms with Gasteiger partial charge in [-0.3, -0.25) is 0 Å². The second-order valence-electron chi connectivity index (χ2n) is 5.56. The molecule has 130 valence electrons. The van der Waals surface area contributed by atoms with Crippen LogP contribution in [-0.2, 0) is 0 Å². The van der Waals surface area contributed by atoms with E-state index in [4.69, 9.17) is 9.47 Å². The van der Waals surface area contributed by atoms with Gasteiger partial charge in [0.1, 0.15) is 23.6 Å². The zero-order valence-electron chi connectivity index (χ0n) is 14.4. The SMILES string of the molecule is COc1ccc(Nc2cc(-c3ccccc3)nc3ncnn23)c(OC)c1. The van der Waals surface area contributed by atoms with E-state index in [-0.39, 0.29) is 0 Å². The zero-order valence-corrected chi connectivity index (χ0v) is 14.4. The summed E-state index contributed by atoms with van der Waals surface area (Å²) in [4.78, 5) is 8.80. The molecular formula is C19H17N5O2. The molecule has 1 N–H and O–H groups in total. The topological polar surface area (TPSA) is 73.6 Å². The molecular weight excluding hydrogens is 330 g/mol. The molecule has 26 heavy (non-hydrogen) atoms. The average molecular weight is 347 g/mol. The number of hydrogen-bond acceptors (Lipinski definition) is 6. The number of aromatic nitrogens is 4. The summed E-state index contributed by atoms with van der Waals surface area (Å²) >= 11 is 0. The molecule has 0 bridgehead atoms. The molecule has 0 radical (unpaired) electrons. The smallest absolute Gasteiger partial charge is 0.254 e. The lowest BCUT2D eigenvalue weighted by Gasteiger charge is -2.14. The van der Waals surface area contributed by atoms with Gasteiger partial charge < -0.3 is 14.8 Å². The van der Waals surface area contributed by atoms with Crippen molar-refractivity contribution in [2.45, 2.75) is 0 Å². The Morgan fingerprint density at radius 3 is 2.58 bits per heavy atom. The number of rotatable bonds is 5. The van der Waals surface area contributed by atoms with Crippen LogP contribution in [0.2, 0.25) is 0 Å². The van der Waals surface area contributed by atoms with Crippen LogP contribution in [0.5, 0.6) is 11.5 Å². The predicted molar refractivity (Wildman–Crippen MR) is 99.0 cm³/mol. The minimum Gasteiger partial charge on any atom is -0.497 e. The van der Waals surface area contributed by atoms with Crippen molar-refractivity contribution in [1.82, 2.24) is 19.6 Å². The molecule has 0 unspecified atom stereocenters. The van der Waals surface area contributed by atoms with Gasteiger partial charge in [0.05, 0.1) is 25.6 Å². The highest BCUT2D eigenvalue weighted by Gasteiger charge is 2.12. The van der Waals surface area contributed by atoms with Crippen molar-refractivity contribution < 1.29 is 9.47 Å². The van der Waals surface area contributed by atoms with E-state index in [1.165, 1.54) is 6.33 Å². The molecule has 0 fully saturated rings. The third-order valence-corrected chi connectivity index (χ3v) is 3.99. The third kappa shape index (κ3) is 2.90. The summed E-state index contributed by atoms with van der Waals surface area (Å²) in [7, 11) is 3.24. The van der Waals surface area contributed by atoms with E-state index in [1.54, 1.807) is 18.7 Å². The number of benzene rings is 2. The zero-order chi connectivity index (χ0) is 17.9. The van der Waals surface area contributed by atoms with Crippen molar-refractivity contribution in [2.24, 2.45) is 0 Å². The molecule has 0 saturated carbocycles. The lowest BCUT2D eigenvalue weighted by Crippen LogP contribution is -2.04. The van der Waals surface area contributed by atoms with Gasteiger partial charge in [-0.25, -0.2) is 4.98 Å². The number of nitrogens with one attached hydrogen (secondary N) is 1. The average Bonchev–Trinajstić information content (AvgIpc) is 3.18. The highest BCUT2D eigenvalue weighted by Crippen LogP contribution is 2.32. The number of fused-ring (bicyclic) bond motifs is 1. The van der Waals surface area contributed by atoms with Crippen LogP contribution in [-0.4, -0.2) is 33.8 Å². The molecule has 0 atom stereocenters. The molecule has 0 aliphatic heterocycles. The molecule has 0 aliphatic carbocycles. The molecule has 7 nitrogen and oxygen atoms in total. The summed E-state index contributed by atoms with van der Waals surface area (Å²) in [6.45, 7) is 0. The van der Waals surface area contributed by atoms with Crippen molar-refractivity contribution in [3.8, 4) is 22.8 Å². The van der Waals surface area contributed by atoms with E-state index >= 15 is 0 Å². The molecule has 0 spiro atoms. The molecule has 0 amide bonds. The van der Waals surface area contributed by atoms with E-state index < -0.39 is 0 Å². The Morgan fingerprint density at radius 1 is 0.962 bits per heavy atom. The van der Waals surface area contributed by atoms with Gasteiger partial charge in [-0.2, -0.15) is 14.6 Å². The van der Waals surface area contributed by atoms with E-state index in [0.717, 1.165) is 28.5 Å². The first-order valence-corrected chi connectivity index (χ1v) is 8.04. The molecule has 4 aromatic rings. The standard InChI is InChI=1S/C19H17N5O2/c1-25-14-8-9-15(17(10-14)26-2)22-18-11-16(13-6-4-3-5-7-13)23-19-20-12-21-24(18)19/h3-12,22H,1-2H3. The van der Waals surface area contributed by atoms with Crippen LogP contribution in [0, 0.1) is 0 Å². The summed E-state index contributed by atoms with van der Waals surface area (Å²) in [5, 5.41) is 7.61. The Balaban J connectivity index is 1.80. The van der Waals surface area contributed by atoms with Gasteiger partial charge in [0.2, 0.25) is 0 Å². The highest BCUT2D eigenvalue weighted by atomic mass is 16.5. The number of methoxy groups -OCH3 is 2. The molecule has 2 aromatic carbocycles. The fraction of sp³-hybridized carbons (Fsp3) is 0.105. The lowest BCUT2D eigenvalue weighted by molar-refractivity contribution is 0.395. The monoisotopic (exact) mass is 347 g/mol. The molecule has 2 heterocycles. The van der Waals surface area contributed by atoms with Gasteiger partial charge in [-0.1, -0.05) is 30.3 Å². The Kier molecular flexibility index (Phi) is 4.10. The van der Waals surface area contributed by atoms with E-state index in [9.17, 15) is 0 Å². The summed E-state index contributed by atoms with van der Waals surface area (Å²) in [5.74, 6) is 2.63. The fourth-order valence-electron chi connectivity index (χ4n) is 2.70. The van der Waals surface area contributed by atoms with Gasteiger partial charge in [0.15, 0.2) is 0 Å². The number of nitrogens with zero attached hydrogens (tertiary/aromatic N) is 4. The van der Waals surface area contributed by atoms with Gasteiger partial charge in [0.25, 0.3) is 5.78 Å². The van der Waals surface area contributed by atoms with E-state index in [2.05, 4.69) is 20.4 Å². The van der Waals surface area contributed by atoms with Crippen LogP contribution in [0.4, 0.5) is 11.5 Å². The molecule has 0 saturated heterocycles. The minimum absolute atomic E-state index is 0.515. The van der Waals surface area contributed by atoms with Crippen molar-refractivity contribution in [2.75, 3.05) is 19.5 Å². The van der Waals surface area contributed by atoms with Crippen molar-refractivity contribution in [3.63, 3.8) is 0 Å². The normalized spacial score (nSPS) is 10.7. The number of hydrogen-bond donors (Lipinski definition) is 1. The summed E-state index contributed by atoms with van der Waals surface area (Å²) in [5.41, 5.74) is 2.60. The van der Waals surface area contributed by atoms with E-state index in [1.807, 2.05) is 54.6 Å². The largest absolute Gasteiger partial charge is 0.497 e. The Bertz CT molecular complexity index is 1050. The van der Waals surface area contributed by atoms with Crippen LogP contribution in [0.3, 0.4) is 0 Å². The van der Waals surface area contributed by atoms with Crippen LogP contribution in [0.25, 0.3) is 17.0 Å². The summed E-state index contributed by atoms with van der Waals surface area (Å²) < 4.78 is 12.4. The van der Waals surface area contributed by atoms with Crippen LogP contribution < -0.4 is 14.8 Å². The molecule has 7 heteroatoms. The van der Waals surface area contributed by atoms with Crippen molar-refractivity contribution in [1.29, 1.82) is 0 Å². The third-order valence-electron chi connectivity index (χ3n) is 3.99. The maximum atomic E-state index is 5.47. The number of anilines is 2. The second-order valence-corrected chi connectivity index (χ2v) is 5.56. The fourth-order valence-corrected chi connectivity index (χ4v) is 2.70. The van der Waals surface area contributed by atoms with Gasteiger partial charge in [-0.15, -0.1) is 0 Å². The lowest BCUT2D eigenvalue weighted by atomic mass is 10.1. The summed E-state index contributed by atoms with van der Waals surface area (Å²) in [6.07, 6.45) is 1.48. The maximum Gasteiger partial charge on any atom is 0.254 e. The first kappa shape index (κ1) is 15.9. The van der Waals surface area contributed by atoms with Crippen LogP contribution >= 0.6 is 0 Å². The van der Waals surface area contributed by atoms with Gasteiger partial charge in [0, 0.05) is 17.7 Å². The highest BCUT2D eigenvalue weighted by molar-refractivity contribution is 5.71. The number of ether oxygens (including phenoxy) is 2. The molecule has 0 aliphatic rings. The second kappa shape index (κ2) is 6.72. The van der Waals surface area contributed by atoms with E-state index in [0.29, 0.717) is 11.5 Å². The van der Waals surface area contributed by atoms with Gasteiger partial charge >= 0.3 is 0 Å². The predicted octanol–water partition coefficient (Wildman–Crippen LogP) is 3.55. The molecule has 4 rings (SSSR count). The maximum absolute atomic E-state index is 5.47. The Labute approximate surface area is 150 Å². The van der Waals surface area contributed by atoms with Crippen LogP contribution in [0.1, 0.15) is 0 Å². The Morgan fingerprint density at radius 2 is 1.81 bits per heavy atom. The van der Waals surface area contributed by atoms with Crippen LogP contribution in [0.15, 0.2) is 60.9 Å².